The minimum atomic E-state index is -4.53. The fourth-order valence-corrected chi connectivity index (χ4v) is 6.10. The Morgan fingerprint density at radius 1 is 1.07 bits per heavy atom. The summed E-state index contributed by atoms with van der Waals surface area (Å²) in [5, 5.41) is 13.0. The number of likely N-dealkylation sites (N-methyl/N-ethyl adjacent to an activating group) is 1. The van der Waals surface area contributed by atoms with Gasteiger partial charge in [-0.3, -0.25) is 9.78 Å². The minimum Gasteiger partial charge on any atom is -0.370 e. The first-order valence-electron chi connectivity index (χ1n) is 13.4. The zero-order valence-corrected chi connectivity index (χ0v) is 22.9. The van der Waals surface area contributed by atoms with E-state index >= 15 is 0 Å². The zero-order chi connectivity index (χ0) is 28.7. The number of carbonyl (C=O) groups is 1. The number of carbonyl (C=O) groups excluding carboxylic acids is 1. The Balaban J connectivity index is 1.45. The topological polar surface area (TPSA) is 77.2 Å². The van der Waals surface area contributed by atoms with Gasteiger partial charge in [0.1, 0.15) is 6.07 Å². The summed E-state index contributed by atoms with van der Waals surface area (Å²) in [6.07, 6.45) is 0.913. The van der Waals surface area contributed by atoms with Crippen LogP contribution in [-0.2, 0) is 23.4 Å². The van der Waals surface area contributed by atoms with E-state index in [2.05, 4.69) is 17.1 Å². The Morgan fingerprint density at radius 2 is 1.82 bits per heavy atom. The molecule has 2 aromatic heterocycles. The molecule has 3 aromatic rings. The number of nitriles is 1. The van der Waals surface area contributed by atoms with Gasteiger partial charge in [0.2, 0.25) is 5.91 Å². The molecule has 1 N–H and O–H groups in total. The van der Waals surface area contributed by atoms with Gasteiger partial charge >= 0.3 is 6.18 Å². The van der Waals surface area contributed by atoms with Crippen LogP contribution < -0.4 is 10.2 Å². The molecule has 2 saturated heterocycles. The van der Waals surface area contributed by atoms with E-state index in [1.807, 2.05) is 60.1 Å². The van der Waals surface area contributed by atoms with Crippen molar-refractivity contribution >= 4 is 11.6 Å². The number of likely N-dealkylation sites (tertiary alicyclic amines) is 1. The van der Waals surface area contributed by atoms with Gasteiger partial charge < -0.3 is 19.7 Å². The molecule has 0 bridgehead atoms. The molecule has 0 radical (unpaired) electrons. The highest BCUT2D eigenvalue weighted by atomic mass is 19.4. The second kappa shape index (κ2) is 10.3. The summed E-state index contributed by atoms with van der Waals surface area (Å²) >= 11 is 0. The number of pyridine rings is 1. The molecule has 10 heteroatoms. The van der Waals surface area contributed by atoms with Crippen LogP contribution >= 0.6 is 0 Å². The van der Waals surface area contributed by atoms with E-state index in [9.17, 15) is 23.2 Å². The molecule has 2 fully saturated rings. The van der Waals surface area contributed by atoms with Gasteiger partial charge in [0.15, 0.2) is 0 Å². The second-order valence-electron chi connectivity index (χ2n) is 11.3. The van der Waals surface area contributed by atoms with Crippen LogP contribution in [0.2, 0.25) is 0 Å². The van der Waals surface area contributed by atoms with E-state index < -0.39 is 17.2 Å². The van der Waals surface area contributed by atoms with Crippen molar-refractivity contribution in [2.45, 2.75) is 43.3 Å². The normalized spacial score (nSPS) is 21.3. The Morgan fingerprint density at radius 3 is 2.38 bits per heavy atom. The molecule has 2 aliphatic heterocycles. The molecule has 7 nitrogen and oxygen atoms in total. The van der Waals surface area contributed by atoms with Gasteiger partial charge in [-0.25, -0.2) is 0 Å². The van der Waals surface area contributed by atoms with Crippen LogP contribution in [0.5, 0.6) is 0 Å². The molecule has 2 aliphatic rings. The van der Waals surface area contributed by atoms with Gasteiger partial charge in [-0.15, -0.1) is 0 Å². The Hall–Kier alpha value is -3.84. The molecule has 1 atom stereocenters. The van der Waals surface area contributed by atoms with E-state index in [0.717, 1.165) is 48.6 Å². The average Bonchev–Trinajstić information content (AvgIpc) is 3.51. The first-order valence-corrected chi connectivity index (χ1v) is 13.4. The van der Waals surface area contributed by atoms with Gasteiger partial charge in [0, 0.05) is 45.6 Å². The Kier molecular flexibility index (Phi) is 7.13. The first-order chi connectivity index (χ1) is 18.9. The van der Waals surface area contributed by atoms with Crippen LogP contribution in [0.3, 0.4) is 0 Å². The van der Waals surface area contributed by atoms with Gasteiger partial charge in [-0.2, -0.15) is 18.4 Å². The van der Waals surface area contributed by atoms with E-state index in [1.165, 1.54) is 6.07 Å². The van der Waals surface area contributed by atoms with Crippen LogP contribution in [0.25, 0.3) is 11.4 Å². The third-order valence-corrected chi connectivity index (χ3v) is 8.44. The SMILES string of the molecule is CN1CC[C@](C)(NC(=O)C2(c3ccc(-c4cccn4C)nc3)CCN(c3ccc(C(F)(F)F)cc3C#N)CC2)C1. The van der Waals surface area contributed by atoms with Crippen LogP contribution in [0.15, 0.2) is 54.9 Å². The van der Waals surface area contributed by atoms with Gasteiger partial charge in [-0.1, -0.05) is 6.07 Å². The smallest absolute Gasteiger partial charge is 0.370 e. The summed E-state index contributed by atoms with van der Waals surface area (Å²) in [6.45, 7) is 4.53. The lowest BCUT2D eigenvalue weighted by Gasteiger charge is -2.43. The molecule has 210 valence electrons. The maximum atomic E-state index is 14.1. The van der Waals surface area contributed by atoms with Crippen molar-refractivity contribution < 1.29 is 18.0 Å². The number of hydrogen-bond donors (Lipinski definition) is 1. The first kappa shape index (κ1) is 27.7. The number of rotatable bonds is 5. The highest BCUT2D eigenvalue weighted by molar-refractivity contribution is 5.89. The lowest BCUT2D eigenvalue weighted by molar-refractivity contribution is -0.137. The number of alkyl halides is 3. The third kappa shape index (κ3) is 5.18. The summed E-state index contributed by atoms with van der Waals surface area (Å²) in [5.41, 5.74) is 0.938. The number of amides is 1. The summed E-state index contributed by atoms with van der Waals surface area (Å²) in [4.78, 5) is 22.9. The van der Waals surface area contributed by atoms with Crippen molar-refractivity contribution in [2.24, 2.45) is 7.05 Å². The quantitative estimate of drug-likeness (QED) is 0.497. The molecule has 4 heterocycles. The van der Waals surface area contributed by atoms with Crippen molar-refractivity contribution in [1.82, 2.24) is 19.8 Å². The number of nitrogens with one attached hydrogen (secondary N) is 1. The van der Waals surface area contributed by atoms with Crippen LogP contribution in [0, 0.1) is 11.3 Å². The summed E-state index contributed by atoms with van der Waals surface area (Å²) in [5.74, 6) is -0.0636. The lowest BCUT2D eigenvalue weighted by atomic mass is 9.71. The fourth-order valence-electron chi connectivity index (χ4n) is 6.10. The zero-order valence-electron chi connectivity index (χ0n) is 22.9. The number of benzene rings is 1. The van der Waals surface area contributed by atoms with E-state index in [4.69, 9.17) is 4.98 Å². The highest BCUT2D eigenvalue weighted by Crippen LogP contribution is 2.40. The molecule has 1 aromatic carbocycles. The number of nitrogens with zero attached hydrogens (tertiary/aromatic N) is 5. The van der Waals surface area contributed by atoms with Crippen molar-refractivity contribution in [1.29, 1.82) is 5.26 Å². The molecule has 0 saturated carbocycles. The number of aromatic nitrogens is 2. The largest absolute Gasteiger partial charge is 0.416 e. The Labute approximate surface area is 232 Å². The third-order valence-electron chi connectivity index (χ3n) is 8.44. The molecular formula is C30H33F3N6O. The minimum absolute atomic E-state index is 0.0260. The summed E-state index contributed by atoms with van der Waals surface area (Å²) in [6, 6.07) is 13.0. The number of halogens is 3. The summed E-state index contributed by atoms with van der Waals surface area (Å²) in [7, 11) is 3.99. The van der Waals surface area contributed by atoms with Crippen molar-refractivity contribution in [3.63, 3.8) is 0 Å². The number of anilines is 1. The maximum Gasteiger partial charge on any atom is 0.416 e. The molecular weight excluding hydrogens is 517 g/mol. The number of aryl methyl sites for hydroxylation is 1. The molecule has 0 spiro atoms. The highest BCUT2D eigenvalue weighted by Gasteiger charge is 2.46. The van der Waals surface area contributed by atoms with Crippen LogP contribution in [0.1, 0.15) is 42.9 Å². The van der Waals surface area contributed by atoms with Gasteiger partial charge in [-0.05, 0) is 75.2 Å². The number of piperidine rings is 1. The monoisotopic (exact) mass is 550 g/mol. The predicted molar refractivity (Wildman–Crippen MR) is 147 cm³/mol. The van der Waals surface area contributed by atoms with Crippen molar-refractivity contribution in [2.75, 3.05) is 38.1 Å². The van der Waals surface area contributed by atoms with Crippen molar-refractivity contribution in [3.8, 4) is 17.5 Å². The molecule has 5 rings (SSSR count). The van der Waals surface area contributed by atoms with Crippen molar-refractivity contribution in [3.05, 3.63) is 71.5 Å². The second-order valence-corrected chi connectivity index (χ2v) is 11.3. The van der Waals surface area contributed by atoms with Gasteiger partial charge in [0.05, 0.1) is 39.2 Å². The summed E-state index contributed by atoms with van der Waals surface area (Å²) < 4.78 is 41.7. The van der Waals surface area contributed by atoms with E-state index in [0.29, 0.717) is 31.6 Å². The number of hydrogen-bond acceptors (Lipinski definition) is 5. The molecule has 0 aliphatic carbocycles. The lowest BCUT2D eigenvalue weighted by Crippen LogP contribution is -2.58. The van der Waals surface area contributed by atoms with Crippen LogP contribution in [0.4, 0.5) is 18.9 Å². The fraction of sp³-hybridized carbons (Fsp3) is 0.433. The standard InChI is InChI=1S/C30H33F3N6O/c1-28(10-14-37(2)20-28)36-27(40)29(23-6-8-24(35-19-23)26-5-4-13-38(26)3)11-15-39(16-12-29)25-9-7-22(30(31,32)33)17-21(25)18-34/h4-9,13,17,19H,10-12,14-16,20H2,1-3H3,(H,36,40)/t28-/m0/s1. The molecule has 1 amide bonds. The average molecular weight is 551 g/mol. The van der Waals surface area contributed by atoms with Crippen LogP contribution in [-0.4, -0.2) is 59.1 Å². The molecule has 0 unspecified atom stereocenters. The van der Waals surface area contributed by atoms with E-state index in [-0.39, 0.29) is 17.0 Å². The Bertz CT molecular complexity index is 1430. The maximum absolute atomic E-state index is 14.1. The van der Waals surface area contributed by atoms with E-state index in [1.54, 1.807) is 6.20 Å². The molecule has 40 heavy (non-hydrogen) atoms. The predicted octanol–water partition coefficient (Wildman–Crippen LogP) is 4.73. The van der Waals surface area contributed by atoms with Gasteiger partial charge in [0.25, 0.3) is 0 Å².